The maximum absolute atomic E-state index is 5.90. The molecule has 5 rings (SSSR count). The van der Waals surface area contributed by atoms with Crippen molar-refractivity contribution >= 4 is 21.6 Å². The quantitative estimate of drug-likeness (QED) is 0.530. The van der Waals surface area contributed by atoms with Gasteiger partial charge in [-0.1, -0.05) is 5.16 Å². The highest BCUT2D eigenvalue weighted by Gasteiger charge is 2.24. The second-order valence-corrected chi connectivity index (χ2v) is 6.80. The Labute approximate surface area is 152 Å². The van der Waals surface area contributed by atoms with Crippen LogP contribution < -0.4 is 4.74 Å². The van der Waals surface area contributed by atoms with Crippen molar-refractivity contribution in [3.8, 4) is 23.0 Å². The first kappa shape index (κ1) is 15.4. The Bertz CT molecular complexity index is 1040. The van der Waals surface area contributed by atoms with Crippen LogP contribution in [0.2, 0.25) is 0 Å². The molecule has 4 heterocycles. The Kier molecular flexibility index (Phi) is 3.84. The molecule has 1 atom stereocenters. The van der Waals surface area contributed by atoms with E-state index in [1.54, 1.807) is 11.3 Å². The number of ether oxygens (including phenoxy) is 2. The Morgan fingerprint density at radius 3 is 2.88 bits per heavy atom. The smallest absolute Gasteiger partial charge is 0.256 e. The molecule has 1 aromatic carbocycles. The van der Waals surface area contributed by atoms with Crippen molar-refractivity contribution in [1.29, 1.82) is 0 Å². The molecule has 0 N–H and O–H groups in total. The average Bonchev–Trinajstić information content (AvgIpc) is 3.42. The summed E-state index contributed by atoms with van der Waals surface area (Å²) in [4.78, 5) is 13.8. The minimum atomic E-state index is -0.0790. The molecular weight excluding hydrogens is 352 g/mol. The van der Waals surface area contributed by atoms with Crippen molar-refractivity contribution in [2.24, 2.45) is 0 Å². The number of rotatable bonds is 4. The molecule has 1 unspecified atom stereocenters. The molecule has 0 amide bonds. The summed E-state index contributed by atoms with van der Waals surface area (Å²) in [6.07, 6.45) is 3.37. The molecule has 1 aliphatic heterocycles. The van der Waals surface area contributed by atoms with Gasteiger partial charge in [0.05, 0.1) is 5.39 Å². The molecule has 3 aromatic heterocycles. The van der Waals surface area contributed by atoms with E-state index in [0.29, 0.717) is 23.3 Å². The second-order valence-electron chi connectivity index (χ2n) is 5.90. The van der Waals surface area contributed by atoms with Crippen LogP contribution >= 0.6 is 11.3 Å². The van der Waals surface area contributed by atoms with E-state index in [4.69, 9.17) is 14.0 Å². The van der Waals surface area contributed by atoms with Crippen molar-refractivity contribution in [1.82, 2.24) is 20.1 Å². The lowest BCUT2D eigenvalue weighted by molar-refractivity contribution is 0.0835. The van der Waals surface area contributed by atoms with E-state index < -0.39 is 0 Å². The Balaban J connectivity index is 1.36. The third kappa shape index (κ3) is 2.83. The van der Waals surface area contributed by atoms with Crippen LogP contribution in [0, 0.1) is 0 Å². The first-order valence-electron chi connectivity index (χ1n) is 8.28. The first-order chi connectivity index (χ1) is 12.9. The van der Waals surface area contributed by atoms with Crippen molar-refractivity contribution in [2.45, 2.75) is 18.9 Å². The van der Waals surface area contributed by atoms with Gasteiger partial charge in [-0.2, -0.15) is 4.98 Å². The van der Waals surface area contributed by atoms with Crippen molar-refractivity contribution in [3.63, 3.8) is 0 Å². The van der Waals surface area contributed by atoms with E-state index in [-0.39, 0.29) is 6.10 Å². The summed E-state index contributed by atoms with van der Waals surface area (Å²) in [5, 5.41) is 6.93. The average molecular weight is 366 g/mol. The maximum Gasteiger partial charge on any atom is 0.256 e. The number of aromatic nitrogens is 4. The van der Waals surface area contributed by atoms with Gasteiger partial charge in [-0.3, -0.25) is 0 Å². The number of hydrogen-bond donors (Lipinski definition) is 0. The Morgan fingerprint density at radius 1 is 1.12 bits per heavy atom. The number of hydrogen-bond acceptors (Lipinski definition) is 8. The highest BCUT2D eigenvalue weighted by atomic mass is 32.1. The van der Waals surface area contributed by atoms with Gasteiger partial charge in [-0.25, -0.2) is 9.97 Å². The molecule has 1 saturated heterocycles. The van der Waals surface area contributed by atoms with Gasteiger partial charge in [-0.05, 0) is 48.6 Å². The molecule has 8 heteroatoms. The molecule has 0 saturated carbocycles. The van der Waals surface area contributed by atoms with Gasteiger partial charge in [0.2, 0.25) is 11.7 Å². The summed E-state index contributed by atoms with van der Waals surface area (Å²) in [7, 11) is 0. The number of fused-ring (bicyclic) bond motifs is 1. The van der Waals surface area contributed by atoms with Crippen LogP contribution in [0.4, 0.5) is 0 Å². The summed E-state index contributed by atoms with van der Waals surface area (Å²) in [6.45, 7) is 0.745. The maximum atomic E-state index is 5.90. The van der Waals surface area contributed by atoms with Crippen LogP contribution in [-0.2, 0) is 4.74 Å². The largest absolute Gasteiger partial charge is 0.438 e. The van der Waals surface area contributed by atoms with Gasteiger partial charge in [0.1, 0.15) is 23.0 Å². The van der Waals surface area contributed by atoms with Crippen LogP contribution in [-0.4, -0.2) is 26.7 Å². The molecule has 7 nitrogen and oxygen atoms in total. The number of benzene rings is 1. The topological polar surface area (TPSA) is 83.2 Å². The van der Waals surface area contributed by atoms with Crippen molar-refractivity contribution in [2.75, 3.05) is 6.61 Å². The molecular formula is C18H14N4O3S. The highest BCUT2D eigenvalue weighted by molar-refractivity contribution is 7.16. The van der Waals surface area contributed by atoms with Gasteiger partial charge < -0.3 is 14.0 Å². The van der Waals surface area contributed by atoms with Gasteiger partial charge >= 0.3 is 0 Å². The van der Waals surface area contributed by atoms with Crippen LogP contribution in [0.5, 0.6) is 11.6 Å². The lowest BCUT2D eigenvalue weighted by atomic mass is 10.2. The summed E-state index contributed by atoms with van der Waals surface area (Å²) in [5.74, 6) is 2.31. The van der Waals surface area contributed by atoms with E-state index in [0.717, 1.165) is 35.2 Å². The van der Waals surface area contributed by atoms with Crippen molar-refractivity contribution in [3.05, 3.63) is 47.9 Å². The summed E-state index contributed by atoms with van der Waals surface area (Å²) in [5.41, 5.74) is 0.855. The van der Waals surface area contributed by atoms with Crippen molar-refractivity contribution < 1.29 is 14.0 Å². The Morgan fingerprint density at radius 2 is 2.04 bits per heavy atom. The van der Waals surface area contributed by atoms with E-state index in [1.165, 1.54) is 6.33 Å². The summed E-state index contributed by atoms with van der Waals surface area (Å²) >= 11 is 1.56. The number of thiophene rings is 1. The monoisotopic (exact) mass is 366 g/mol. The molecule has 1 aliphatic rings. The predicted molar refractivity (Wildman–Crippen MR) is 95.2 cm³/mol. The normalized spacial score (nSPS) is 17.0. The molecule has 0 bridgehead atoms. The summed E-state index contributed by atoms with van der Waals surface area (Å²) in [6, 6.07) is 9.46. The minimum Gasteiger partial charge on any atom is -0.438 e. The van der Waals surface area contributed by atoms with Gasteiger partial charge in [0, 0.05) is 12.2 Å². The number of nitrogens with zero attached hydrogens (tertiary/aromatic N) is 4. The van der Waals surface area contributed by atoms with E-state index >= 15 is 0 Å². The third-order valence-corrected chi connectivity index (χ3v) is 5.02. The van der Waals surface area contributed by atoms with E-state index in [2.05, 4.69) is 20.1 Å². The molecule has 0 radical (unpaired) electrons. The zero-order valence-corrected chi connectivity index (χ0v) is 14.5. The lowest BCUT2D eigenvalue weighted by Crippen LogP contribution is -1.95. The second kappa shape index (κ2) is 6.47. The fourth-order valence-electron chi connectivity index (χ4n) is 2.89. The molecule has 4 aromatic rings. The molecule has 1 fully saturated rings. The predicted octanol–water partition coefficient (Wildman–Crippen LogP) is 4.39. The van der Waals surface area contributed by atoms with Crippen LogP contribution in [0.25, 0.3) is 21.6 Å². The van der Waals surface area contributed by atoms with Gasteiger partial charge in [0.25, 0.3) is 5.89 Å². The van der Waals surface area contributed by atoms with E-state index in [1.807, 2.05) is 35.7 Å². The minimum absolute atomic E-state index is 0.0790. The van der Waals surface area contributed by atoms with Gasteiger partial charge in [0.15, 0.2) is 0 Å². The fourth-order valence-corrected chi connectivity index (χ4v) is 3.61. The summed E-state index contributed by atoms with van der Waals surface area (Å²) < 4.78 is 16.8. The molecule has 26 heavy (non-hydrogen) atoms. The standard InChI is InChI=1S/C18H14N4O3S/c1-2-14(23-8-1)17-21-15(22-25-17)11-3-5-12(6-4-11)24-16-13-7-9-26-18(13)20-10-19-16/h3-7,9-10,14H,1-2,8H2. The zero-order chi connectivity index (χ0) is 17.3. The fraction of sp³-hybridized carbons (Fsp3) is 0.222. The van der Waals surface area contributed by atoms with E-state index in [9.17, 15) is 0 Å². The lowest BCUT2D eigenvalue weighted by Gasteiger charge is -2.05. The molecule has 130 valence electrons. The van der Waals surface area contributed by atoms with Crippen LogP contribution in [0.3, 0.4) is 0 Å². The Hall–Kier alpha value is -2.84. The SMILES string of the molecule is c1nc(Oc2ccc(-c3noc(C4CCCO4)n3)cc2)c2ccsc2n1. The molecule has 0 spiro atoms. The highest BCUT2D eigenvalue weighted by Crippen LogP contribution is 2.31. The molecule has 0 aliphatic carbocycles. The zero-order valence-electron chi connectivity index (χ0n) is 13.7. The van der Waals surface area contributed by atoms with Crippen LogP contribution in [0.1, 0.15) is 24.8 Å². The third-order valence-electron chi connectivity index (χ3n) is 4.20. The first-order valence-corrected chi connectivity index (χ1v) is 9.16. The van der Waals surface area contributed by atoms with Gasteiger partial charge in [-0.15, -0.1) is 11.3 Å². The van der Waals surface area contributed by atoms with Crippen LogP contribution in [0.15, 0.2) is 46.6 Å².